The second-order valence-corrected chi connectivity index (χ2v) is 6.49. The van der Waals surface area contributed by atoms with Crippen LogP contribution in [-0.2, 0) is 6.54 Å². The zero-order valence-electron chi connectivity index (χ0n) is 14.4. The minimum Gasteiger partial charge on any atom is -0.367 e. The molecule has 0 aliphatic heterocycles. The van der Waals surface area contributed by atoms with Crippen molar-refractivity contribution in [3.8, 4) is 0 Å². The lowest BCUT2D eigenvalue weighted by atomic mass is 9.94. The van der Waals surface area contributed by atoms with Crippen LogP contribution in [0.4, 0.5) is 0 Å². The van der Waals surface area contributed by atoms with Crippen molar-refractivity contribution in [1.82, 2.24) is 9.99 Å². The van der Waals surface area contributed by atoms with Crippen LogP contribution >= 0.6 is 0 Å². The molecule has 1 N–H and O–H groups in total. The number of rotatable bonds is 6. The Labute approximate surface area is 148 Å². The number of nitroso groups, excluding NO2 is 1. The third-order valence-corrected chi connectivity index (χ3v) is 4.52. The van der Waals surface area contributed by atoms with Crippen LogP contribution in [-0.4, -0.2) is 15.1 Å². The van der Waals surface area contributed by atoms with Gasteiger partial charge in [0.05, 0.1) is 17.5 Å². The third-order valence-electron chi connectivity index (χ3n) is 4.52. The third kappa shape index (κ3) is 4.31. The van der Waals surface area contributed by atoms with Crippen LogP contribution in [0.5, 0.6) is 0 Å². The summed E-state index contributed by atoms with van der Waals surface area (Å²) in [6.07, 6.45) is 7.30. The maximum Gasteiger partial charge on any atom is 0.189 e. The van der Waals surface area contributed by atoms with Crippen LogP contribution in [0.3, 0.4) is 0 Å². The van der Waals surface area contributed by atoms with Gasteiger partial charge in [-0.3, -0.25) is 4.98 Å². The largest absolute Gasteiger partial charge is 0.367 e. The summed E-state index contributed by atoms with van der Waals surface area (Å²) < 4.78 is 0. The molecule has 1 aromatic heterocycles. The maximum atomic E-state index is 11.3. The number of hydrogen-bond donors (Lipinski definition) is 1. The van der Waals surface area contributed by atoms with E-state index in [-0.39, 0.29) is 6.54 Å². The molecule has 1 atom stereocenters. The Morgan fingerprint density at radius 3 is 2.88 bits per heavy atom. The monoisotopic (exact) mass is 337 g/mol. The Kier molecular flexibility index (Phi) is 5.56. The van der Waals surface area contributed by atoms with Crippen molar-refractivity contribution in [2.45, 2.75) is 45.4 Å². The highest BCUT2D eigenvalue weighted by Crippen LogP contribution is 2.28. The van der Waals surface area contributed by atoms with Crippen molar-refractivity contribution in [3.63, 3.8) is 0 Å². The molecule has 5 nitrogen and oxygen atoms in total. The molecule has 0 saturated carbocycles. The number of hydrogen-bond acceptors (Lipinski definition) is 4. The van der Waals surface area contributed by atoms with Crippen molar-refractivity contribution >= 4 is 5.57 Å². The summed E-state index contributed by atoms with van der Waals surface area (Å²) in [5.74, 6) is 0. The van der Waals surface area contributed by atoms with Gasteiger partial charge in [0.15, 0.2) is 6.23 Å². The fourth-order valence-corrected chi connectivity index (χ4v) is 3.20. The van der Waals surface area contributed by atoms with Crippen LogP contribution in [0, 0.1) is 11.8 Å². The average Bonchev–Trinajstić information content (AvgIpc) is 2.66. The van der Waals surface area contributed by atoms with Gasteiger partial charge in [0.1, 0.15) is 0 Å². The molecule has 0 fully saturated rings. The predicted octanol–water partition coefficient (Wildman–Crippen LogP) is 4.52. The van der Waals surface area contributed by atoms with Gasteiger partial charge in [0.25, 0.3) is 0 Å². The Bertz CT molecular complexity index is 773. The molecule has 0 saturated heterocycles. The molecule has 1 aliphatic rings. The molecule has 1 heterocycles. The number of pyridine rings is 1. The maximum absolute atomic E-state index is 11.3. The number of aliphatic hydroxyl groups excluding tert-OH is 1. The van der Waals surface area contributed by atoms with Crippen molar-refractivity contribution in [2.24, 2.45) is 5.29 Å². The smallest absolute Gasteiger partial charge is 0.189 e. The number of nitrogens with zero attached hydrogens (tertiary/aromatic N) is 3. The normalized spacial score (nSPS) is 15.4. The molecule has 130 valence electrons. The quantitative estimate of drug-likeness (QED) is 0.478. The van der Waals surface area contributed by atoms with Gasteiger partial charge in [-0.1, -0.05) is 35.9 Å². The van der Waals surface area contributed by atoms with E-state index < -0.39 is 6.23 Å². The lowest BCUT2D eigenvalue weighted by Crippen LogP contribution is -2.23. The lowest BCUT2D eigenvalue weighted by molar-refractivity contribution is -0.00761. The standard InChI is InChI=1S/C20H23N3O2/c1-15-6-5-7-16(12-15)14-23(22-25)20(24)19-13-18(10-11-21-19)17-8-3-2-4-9-17/h5-8,10-13,20,24H,2-4,9,14H2,1H3. The van der Waals surface area contributed by atoms with E-state index in [1.165, 1.54) is 18.4 Å². The molecule has 1 aliphatic carbocycles. The van der Waals surface area contributed by atoms with Gasteiger partial charge in [0, 0.05) is 6.20 Å². The molecule has 1 aromatic carbocycles. The fraction of sp³-hybridized carbons (Fsp3) is 0.350. The first-order valence-corrected chi connectivity index (χ1v) is 8.66. The lowest BCUT2D eigenvalue weighted by Gasteiger charge is -2.22. The molecular formula is C20H23N3O2. The molecule has 0 spiro atoms. The topological polar surface area (TPSA) is 65.8 Å². The zero-order chi connectivity index (χ0) is 17.6. The molecule has 3 rings (SSSR count). The van der Waals surface area contributed by atoms with Crippen molar-refractivity contribution < 1.29 is 5.11 Å². The van der Waals surface area contributed by atoms with Gasteiger partial charge in [-0.2, -0.15) is 0 Å². The van der Waals surface area contributed by atoms with Crippen molar-refractivity contribution in [3.05, 3.63) is 76.0 Å². The number of aromatic nitrogens is 1. The summed E-state index contributed by atoms with van der Waals surface area (Å²) in [7, 11) is 0. The summed E-state index contributed by atoms with van der Waals surface area (Å²) >= 11 is 0. The minimum absolute atomic E-state index is 0.237. The Morgan fingerprint density at radius 2 is 2.16 bits per heavy atom. The molecule has 5 heteroatoms. The van der Waals surface area contributed by atoms with E-state index in [0.717, 1.165) is 34.5 Å². The second-order valence-electron chi connectivity index (χ2n) is 6.49. The highest BCUT2D eigenvalue weighted by atomic mass is 16.3. The number of benzene rings is 1. The summed E-state index contributed by atoms with van der Waals surface area (Å²) in [5, 5.41) is 14.7. The fourth-order valence-electron chi connectivity index (χ4n) is 3.20. The van der Waals surface area contributed by atoms with E-state index in [1.807, 2.05) is 43.3 Å². The van der Waals surface area contributed by atoms with Gasteiger partial charge in [-0.05, 0) is 61.4 Å². The van der Waals surface area contributed by atoms with E-state index in [4.69, 9.17) is 0 Å². The highest BCUT2D eigenvalue weighted by molar-refractivity contribution is 5.66. The Hall–Kier alpha value is -2.53. The van der Waals surface area contributed by atoms with E-state index in [2.05, 4.69) is 16.3 Å². The van der Waals surface area contributed by atoms with Crippen molar-refractivity contribution in [1.29, 1.82) is 0 Å². The molecule has 25 heavy (non-hydrogen) atoms. The number of allylic oxidation sites excluding steroid dienone is 2. The van der Waals surface area contributed by atoms with Crippen LogP contribution < -0.4 is 0 Å². The molecule has 0 radical (unpaired) electrons. The minimum atomic E-state index is -1.16. The van der Waals surface area contributed by atoms with E-state index >= 15 is 0 Å². The Morgan fingerprint density at radius 1 is 1.28 bits per heavy atom. The van der Waals surface area contributed by atoms with Gasteiger partial charge < -0.3 is 5.11 Å². The van der Waals surface area contributed by atoms with E-state index in [9.17, 15) is 10.0 Å². The molecule has 0 amide bonds. The average molecular weight is 337 g/mol. The van der Waals surface area contributed by atoms with Crippen molar-refractivity contribution in [2.75, 3.05) is 0 Å². The molecule has 2 aromatic rings. The van der Waals surface area contributed by atoms with Gasteiger partial charge >= 0.3 is 0 Å². The first-order chi connectivity index (χ1) is 12.2. The van der Waals surface area contributed by atoms with Crippen LogP contribution in [0.25, 0.3) is 5.57 Å². The molecular weight excluding hydrogens is 314 g/mol. The molecule has 0 bridgehead atoms. The second kappa shape index (κ2) is 8.03. The van der Waals surface area contributed by atoms with Crippen LogP contribution in [0.2, 0.25) is 0 Å². The SMILES string of the molecule is Cc1cccc(CN(N=O)C(O)c2cc(C3=CCCCC3)ccn2)c1. The van der Waals surface area contributed by atoms with Gasteiger partial charge in [-0.25, -0.2) is 5.01 Å². The first kappa shape index (κ1) is 17.3. The van der Waals surface area contributed by atoms with Gasteiger partial charge in [-0.15, -0.1) is 4.91 Å². The molecule has 1 unspecified atom stereocenters. The van der Waals surface area contributed by atoms with Crippen LogP contribution in [0.1, 0.15) is 54.3 Å². The first-order valence-electron chi connectivity index (χ1n) is 8.66. The summed E-state index contributed by atoms with van der Waals surface area (Å²) in [4.78, 5) is 15.5. The number of aliphatic hydroxyl groups is 1. The number of aryl methyl sites for hydroxylation is 1. The highest BCUT2D eigenvalue weighted by Gasteiger charge is 2.20. The predicted molar refractivity (Wildman–Crippen MR) is 98.2 cm³/mol. The summed E-state index contributed by atoms with van der Waals surface area (Å²) in [6, 6.07) is 11.6. The van der Waals surface area contributed by atoms with Crippen LogP contribution in [0.15, 0.2) is 54.0 Å². The summed E-state index contributed by atoms with van der Waals surface area (Å²) in [5.41, 5.74) is 4.81. The van der Waals surface area contributed by atoms with E-state index in [0.29, 0.717) is 5.69 Å². The van der Waals surface area contributed by atoms with E-state index in [1.54, 1.807) is 6.20 Å². The summed E-state index contributed by atoms with van der Waals surface area (Å²) in [6.45, 7) is 2.22. The van der Waals surface area contributed by atoms with Gasteiger partial charge in [0.2, 0.25) is 0 Å². The zero-order valence-corrected chi connectivity index (χ0v) is 14.4. The Balaban J connectivity index is 1.79.